The third-order valence-electron chi connectivity index (χ3n) is 6.20. The molecule has 3 rings (SSSR count). The Morgan fingerprint density at radius 1 is 0.974 bits per heavy atom. The van der Waals surface area contributed by atoms with Gasteiger partial charge in [-0.1, -0.05) is 60.7 Å². The molecule has 2 aromatic carbocycles. The van der Waals surface area contributed by atoms with Crippen LogP contribution in [0, 0.1) is 0 Å². The number of hydrogen-bond acceptors (Lipinski definition) is 7. The van der Waals surface area contributed by atoms with Crippen LogP contribution in [-0.2, 0) is 46.2 Å². The molecule has 12 heteroatoms. The van der Waals surface area contributed by atoms with Crippen molar-refractivity contribution in [2.24, 2.45) is 0 Å². The van der Waals surface area contributed by atoms with Gasteiger partial charge in [-0.3, -0.25) is 4.18 Å². The van der Waals surface area contributed by atoms with Crippen LogP contribution in [0.2, 0.25) is 19.6 Å². The second-order valence-corrected chi connectivity index (χ2v) is 16.8. The highest BCUT2D eigenvalue weighted by molar-refractivity contribution is 7.87. The van der Waals surface area contributed by atoms with Crippen LogP contribution in [0.25, 0.3) is 0 Å². The summed E-state index contributed by atoms with van der Waals surface area (Å²) in [6, 6.07) is 19.2. The highest BCUT2D eigenvalue weighted by Gasteiger charge is 2.52. The normalized spacial score (nSPS) is 24.5. The monoisotopic (exact) mass is 590 g/mol. The summed E-state index contributed by atoms with van der Waals surface area (Å²) in [5, 5.41) is 0. The molecule has 1 heterocycles. The van der Waals surface area contributed by atoms with Gasteiger partial charge >= 0.3 is 15.6 Å². The number of hydrogen-bond donors (Lipinski definition) is 0. The number of benzene rings is 2. The number of rotatable bonds is 13. The lowest BCUT2D eigenvalue weighted by atomic mass is 9.86. The van der Waals surface area contributed by atoms with Gasteiger partial charge in [-0.25, -0.2) is 0 Å². The lowest BCUT2D eigenvalue weighted by Crippen LogP contribution is -2.60. The Morgan fingerprint density at radius 3 is 2.08 bits per heavy atom. The molecular weight excluding hydrogens is 553 g/mol. The Bertz CT molecular complexity index is 1130. The van der Waals surface area contributed by atoms with Crippen molar-refractivity contribution in [3.63, 3.8) is 0 Å². The van der Waals surface area contributed by atoms with Crippen LogP contribution in [0.15, 0.2) is 60.7 Å². The summed E-state index contributed by atoms with van der Waals surface area (Å²) < 4.78 is 91.4. The van der Waals surface area contributed by atoms with E-state index in [2.05, 4.69) is 4.18 Å². The largest absolute Gasteiger partial charge is 0.523 e. The maximum absolute atomic E-state index is 13.0. The third kappa shape index (κ3) is 9.66. The van der Waals surface area contributed by atoms with Gasteiger partial charge in [-0.05, 0) is 44.1 Å². The first-order chi connectivity index (χ1) is 18.2. The molecule has 0 saturated carbocycles. The molecule has 0 spiro atoms. The van der Waals surface area contributed by atoms with Gasteiger partial charge in [0, 0.05) is 13.0 Å². The first kappa shape index (κ1) is 31.7. The van der Waals surface area contributed by atoms with Gasteiger partial charge in [0.2, 0.25) is 0 Å². The fraction of sp³-hybridized carbons (Fsp3) is 0.556. The molecule has 1 aliphatic heterocycles. The molecule has 1 aliphatic rings. The molecule has 0 unspecified atom stereocenters. The first-order valence-corrected chi connectivity index (χ1v) is 17.6. The molecule has 0 bridgehead atoms. The zero-order valence-corrected chi connectivity index (χ0v) is 24.5. The second kappa shape index (κ2) is 13.2. The van der Waals surface area contributed by atoms with Crippen molar-refractivity contribution in [1.29, 1.82) is 0 Å². The van der Waals surface area contributed by atoms with E-state index in [-0.39, 0.29) is 6.42 Å². The van der Waals surface area contributed by atoms with Gasteiger partial charge in [0.1, 0.15) is 6.10 Å². The summed E-state index contributed by atoms with van der Waals surface area (Å²) in [5.74, 6) is 0. The van der Waals surface area contributed by atoms with Crippen molar-refractivity contribution in [3.8, 4) is 0 Å². The van der Waals surface area contributed by atoms with E-state index in [0.29, 0.717) is 26.2 Å². The molecule has 4 atom stereocenters. The quantitative estimate of drug-likeness (QED) is 0.126. The van der Waals surface area contributed by atoms with Crippen LogP contribution in [0.5, 0.6) is 0 Å². The molecular formula is C27H37F3O7SSi. The number of ether oxygens (including phenoxy) is 3. The summed E-state index contributed by atoms with van der Waals surface area (Å²) in [7, 11) is -8.06. The maximum Gasteiger partial charge on any atom is 0.523 e. The molecule has 218 valence electrons. The Labute approximate surface area is 229 Å². The van der Waals surface area contributed by atoms with E-state index in [0.717, 1.165) is 11.1 Å². The Kier molecular flexibility index (Phi) is 10.8. The van der Waals surface area contributed by atoms with Crippen LogP contribution < -0.4 is 0 Å². The zero-order chi connectivity index (χ0) is 28.7. The van der Waals surface area contributed by atoms with E-state index in [1.807, 2.05) is 80.3 Å². The van der Waals surface area contributed by atoms with Gasteiger partial charge in [0.15, 0.2) is 8.32 Å². The van der Waals surface area contributed by atoms with E-state index in [4.69, 9.17) is 18.6 Å². The van der Waals surface area contributed by atoms with Crippen molar-refractivity contribution in [2.75, 3.05) is 13.2 Å². The molecule has 0 N–H and O–H groups in total. The number of alkyl halides is 3. The molecule has 0 amide bonds. The predicted molar refractivity (Wildman–Crippen MR) is 143 cm³/mol. The highest BCUT2D eigenvalue weighted by atomic mass is 32.2. The molecule has 0 aromatic heterocycles. The minimum absolute atomic E-state index is 0.271. The fourth-order valence-corrected chi connectivity index (χ4v) is 6.56. The summed E-state index contributed by atoms with van der Waals surface area (Å²) in [5.41, 5.74) is -4.73. The van der Waals surface area contributed by atoms with E-state index < -0.39 is 54.5 Å². The molecule has 1 saturated heterocycles. The van der Waals surface area contributed by atoms with Crippen LogP contribution >= 0.6 is 0 Å². The second-order valence-electron chi connectivity index (χ2n) is 10.7. The van der Waals surface area contributed by atoms with Crippen molar-refractivity contribution in [3.05, 3.63) is 71.8 Å². The highest BCUT2D eigenvalue weighted by Crippen LogP contribution is 2.38. The first-order valence-electron chi connectivity index (χ1n) is 12.8. The van der Waals surface area contributed by atoms with Crippen molar-refractivity contribution in [1.82, 2.24) is 0 Å². The predicted octanol–water partition coefficient (Wildman–Crippen LogP) is 5.81. The Morgan fingerprint density at radius 2 is 1.54 bits per heavy atom. The maximum atomic E-state index is 13.0. The Hall–Kier alpha value is -1.80. The summed E-state index contributed by atoms with van der Waals surface area (Å²) in [6.45, 7) is 7.66. The minimum Gasteiger partial charge on any atom is -0.410 e. The van der Waals surface area contributed by atoms with Crippen molar-refractivity contribution in [2.45, 2.75) is 82.0 Å². The van der Waals surface area contributed by atoms with Crippen LogP contribution in [0.4, 0.5) is 13.2 Å². The smallest absolute Gasteiger partial charge is 0.410 e. The van der Waals surface area contributed by atoms with Gasteiger partial charge in [-0.2, -0.15) is 21.6 Å². The van der Waals surface area contributed by atoms with E-state index >= 15 is 0 Å². The summed E-state index contributed by atoms with van der Waals surface area (Å²) in [4.78, 5) is 0. The fourth-order valence-electron chi connectivity index (χ4n) is 4.51. The molecule has 39 heavy (non-hydrogen) atoms. The van der Waals surface area contributed by atoms with E-state index in [9.17, 15) is 21.6 Å². The molecule has 0 radical (unpaired) electrons. The average Bonchev–Trinajstić information content (AvgIpc) is 2.85. The van der Waals surface area contributed by atoms with Crippen molar-refractivity contribution < 1.29 is 44.4 Å². The summed E-state index contributed by atoms with van der Waals surface area (Å²) >= 11 is 0. The van der Waals surface area contributed by atoms with Gasteiger partial charge in [-0.15, -0.1) is 0 Å². The van der Waals surface area contributed by atoms with Gasteiger partial charge < -0.3 is 18.6 Å². The van der Waals surface area contributed by atoms with Crippen molar-refractivity contribution >= 4 is 18.4 Å². The zero-order valence-electron chi connectivity index (χ0n) is 22.6. The Balaban J connectivity index is 1.78. The molecule has 0 aliphatic carbocycles. The van der Waals surface area contributed by atoms with E-state index in [1.165, 1.54) is 0 Å². The molecule has 2 aromatic rings. The third-order valence-corrected chi connectivity index (χ3v) is 8.30. The van der Waals surface area contributed by atoms with Crippen LogP contribution in [-0.4, -0.2) is 59.4 Å². The van der Waals surface area contributed by atoms with Gasteiger partial charge in [0.25, 0.3) is 0 Å². The lowest BCUT2D eigenvalue weighted by Gasteiger charge is -2.50. The van der Waals surface area contributed by atoms with Gasteiger partial charge in [0.05, 0.1) is 37.6 Å². The minimum atomic E-state index is -5.80. The molecule has 7 nitrogen and oxygen atoms in total. The van der Waals surface area contributed by atoms with Crippen LogP contribution in [0.3, 0.4) is 0 Å². The number of halogens is 3. The standard InChI is InChI=1S/C27H37F3O7SSi/c1-26(37-39(2,3)4)17-24(34-19-22-13-9-6-10-14-22)23(15-16-33-18-21-11-7-5-8-12-21)36-25(26)20-35-38(31,32)27(28,29)30/h5-14,23-25H,15-20H2,1-4H3/t23-,24+,25+,26-/m0/s1. The lowest BCUT2D eigenvalue weighted by molar-refractivity contribution is -0.227. The van der Waals surface area contributed by atoms with E-state index in [1.54, 1.807) is 6.92 Å². The summed E-state index contributed by atoms with van der Waals surface area (Å²) in [6.07, 6.45) is -1.52. The molecule has 1 fully saturated rings. The van der Waals surface area contributed by atoms with Crippen LogP contribution in [0.1, 0.15) is 30.9 Å². The average molecular weight is 591 g/mol. The topological polar surface area (TPSA) is 80.3 Å². The SMILES string of the molecule is C[C@]1(O[Si](C)(C)C)C[C@@H](OCc2ccccc2)[C@H](CCOCc2ccccc2)O[C@@H]1COS(=O)(=O)C(F)(F)F.